The van der Waals surface area contributed by atoms with Gasteiger partial charge in [0.1, 0.15) is 0 Å². The molecule has 4 heteroatoms. The van der Waals surface area contributed by atoms with Gasteiger partial charge in [-0.1, -0.05) is 43.5 Å². The van der Waals surface area contributed by atoms with Crippen LogP contribution < -0.4 is 0 Å². The molecular weight excluding hydrogens is 327 g/mol. The molecule has 134 valence electrons. The Morgan fingerprint density at radius 3 is 2.68 bits per heavy atom. The summed E-state index contributed by atoms with van der Waals surface area (Å²) in [5, 5.41) is 0. The van der Waals surface area contributed by atoms with Gasteiger partial charge in [-0.25, -0.2) is 0 Å². The van der Waals surface area contributed by atoms with Crippen LogP contribution in [-0.4, -0.2) is 19.0 Å². The van der Waals surface area contributed by atoms with Crippen molar-refractivity contribution in [2.24, 2.45) is 28.6 Å². The lowest BCUT2D eigenvalue weighted by Gasteiger charge is -2.57. The van der Waals surface area contributed by atoms with Crippen LogP contribution in [0.5, 0.6) is 0 Å². The second-order valence-electron chi connectivity index (χ2n) is 9.10. The van der Waals surface area contributed by atoms with E-state index in [2.05, 4.69) is 26.0 Å². The summed E-state index contributed by atoms with van der Waals surface area (Å²) in [6.07, 6.45) is 12.5. The first-order valence-corrected chi connectivity index (χ1v) is 10.7. The van der Waals surface area contributed by atoms with Gasteiger partial charge in [-0.3, -0.25) is 4.79 Å². The molecule has 6 unspecified atom stereocenters. The molecule has 0 aliphatic heterocycles. The average Bonchev–Trinajstić information content (AvgIpc) is 2.85. The van der Waals surface area contributed by atoms with Crippen LogP contribution in [0.25, 0.3) is 0 Å². The third kappa shape index (κ3) is 2.54. The molecular formula is C21H29BO2S. The molecule has 2 nitrogen and oxygen atoms in total. The SMILES string of the molecule is [B]SOC1CCC2(C)C(=CCC3C2CCC2(C)/C(=C/C)C(=O)CC32)C1. The van der Waals surface area contributed by atoms with Crippen LogP contribution in [0.15, 0.2) is 23.3 Å². The Balaban J connectivity index is 1.64. The van der Waals surface area contributed by atoms with Gasteiger partial charge in [-0.2, -0.15) is 0 Å². The zero-order chi connectivity index (χ0) is 17.8. The standard InChI is InChI=1S/C21H29BO2S/c1-4-16-19(23)12-18-15-6-5-13-11-14(24-25-22)7-9-20(13,2)17(15)8-10-21(16,18)3/h4-5,14-15,17-18H,6-12H2,1-3H3/b16-4+. The Morgan fingerprint density at radius 1 is 1.20 bits per heavy atom. The number of allylic oxidation sites excluding steroid dienone is 3. The lowest BCUT2D eigenvalue weighted by atomic mass is 9.48. The van der Waals surface area contributed by atoms with Crippen molar-refractivity contribution in [3.8, 4) is 0 Å². The number of fused-ring (bicyclic) bond motifs is 5. The number of carbonyl (C=O) groups is 1. The molecule has 25 heavy (non-hydrogen) atoms. The zero-order valence-electron chi connectivity index (χ0n) is 15.7. The molecule has 0 spiro atoms. The lowest BCUT2D eigenvalue weighted by molar-refractivity contribution is -0.115. The van der Waals surface area contributed by atoms with Crippen molar-refractivity contribution in [1.29, 1.82) is 0 Å². The maximum absolute atomic E-state index is 12.6. The summed E-state index contributed by atoms with van der Waals surface area (Å²) in [5.41, 5.74) is 3.13. The highest BCUT2D eigenvalue weighted by atomic mass is 32.2. The van der Waals surface area contributed by atoms with Gasteiger partial charge < -0.3 is 4.18 Å². The fourth-order valence-electron chi connectivity index (χ4n) is 6.94. The zero-order valence-corrected chi connectivity index (χ0v) is 16.5. The van der Waals surface area contributed by atoms with E-state index in [9.17, 15) is 4.79 Å². The fraction of sp³-hybridized carbons (Fsp3) is 0.762. The molecule has 0 bridgehead atoms. The van der Waals surface area contributed by atoms with Crippen molar-refractivity contribution in [2.75, 3.05) is 0 Å². The Labute approximate surface area is 157 Å². The minimum atomic E-state index is 0.116. The first kappa shape index (κ1) is 17.9. The van der Waals surface area contributed by atoms with Gasteiger partial charge in [-0.15, -0.1) is 0 Å². The number of hydrogen-bond acceptors (Lipinski definition) is 3. The summed E-state index contributed by atoms with van der Waals surface area (Å²) in [7, 11) is 5.52. The Bertz CT molecular complexity index is 642. The van der Waals surface area contributed by atoms with Gasteiger partial charge in [0.05, 0.1) is 6.10 Å². The summed E-state index contributed by atoms with van der Waals surface area (Å²) in [4.78, 5) is 12.6. The van der Waals surface area contributed by atoms with E-state index in [4.69, 9.17) is 11.3 Å². The van der Waals surface area contributed by atoms with Crippen LogP contribution in [0.2, 0.25) is 0 Å². The van der Waals surface area contributed by atoms with E-state index in [1.807, 2.05) is 6.92 Å². The monoisotopic (exact) mass is 356 g/mol. The maximum atomic E-state index is 12.6. The molecule has 0 aromatic carbocycles. The van der Waals surface area contributed by atoms with E-state index in [1.54, 1.807) is 5.57 Å². The molecule has 0 aromatic heterocycles. The molecule has 6 atom stereocenters. The largest absolute Gasteiger partial charge is 0.325 e. The van der Waals surface area contributed by atoms with Crippen molar-refractivity contribution >= 4 is 24.8 Å². The lowest BCUT2D eigenvalue weighted by Crippen LogP contribution is -2.49. The molecule has 3 fully saturated rings. The predicted octanol–water partition coefficient (Wildman–Crippen LogP) is 5.19. The smallest absolute Gasteiger partial charge is 0.203 e. The Kier molecular flexibility index (Phi) is 4.51. The molecule has 0 amide bonds. The fourth-order valence-corrected chi connectivity index (χ4v) is 7.26. The van der Waals surface area contributed by atoms with Gasteiger partial charge in [0.2, 0.25) is 7.12 Å². The topological polar surface area (TPSA) is 26.3 Å². The van der Waals surface area contributed by atoms with Crippen molar-refractivity contribution in [3.63, 3.8) is 0 Å². The normalized spacial score (nSPS) is 47.9. The minimum absolute atomic E-state index is 0.116. The van der Waals surface area contributed by atoms with E-state index < -0.39 is 0 Å². The number of ketones is 1. The van der Waals surface area contributed by atoms with Crippen molar-refractivity contribution in [3.05, 3.63) is 23.3 Å². The predicted molar refractivity (Wildman–Crippen MR) is 104 cm³/mol. The molecule has 0 aromatic rings. The van der Waals surface area contributed by atoms with Crippen LogP contribution in [0.4, 0.5) is 0 Å². The number of hydrogen-bond donors (Lipinski definition) is 0. The minimum Gasteiger partial charge on any atom is -0.325 e. The van der Waals surface area contributed by atoms with Crippen LogP contribution in [0, 0.1) is 28.6 Å². The molecule has 4 aliphatic carbocycles. The molecule has 3 saturated carbocycles. The van der Waals surface area contributed by atoms with Gasteiger partial charge in [0.15, 0.2) is 5.78 Å². The molecule has 0 heterocycles. The summed E-state index contributed by atoms with van der Waals surface area (Å²) in [6, 6.07) is 0. The average molecular weight is 356 g/mol. The quantitative estimate of drug-likeness (QED) is 0.295. The van der Waals surface area contributed by atoms with Crippen molar-refractivity contribution < 1.29 is 8.98 Å². The molecule has 0 saturated heterocycles. The van der Waals surface area contributed by atoms with Gasteiger partial charge in [-0.05, 0) is 79.6 Å². The highest BCUT2D eigenvalue weighted by molar-refractivity contribution is 8.15. The third-order valence-corrected chi connectivity index (χ3v) is 8.63. The van der Waals surface area contributed by atoms with E-state index in [0.717, 1.165) is 49.1 Å². The van der Waals surface area contributed by atoms with Crippen molar-refractivity contribution in [1.82, 2.24) is 0 Å². The van der Waals surface area contributed by atoms with E-state index in [0.29, 0.717) is 23.0 Å². The summed E-state index contributed by atoms with van der Waals surface area (Å²) < 4.78 is 5.64. The summed E-state index contributed by atoms with van der Waals surface area (Å²) >= 11 is 1.01. The van der Waals surface area contributed by atoms with Crippen LogP contribution in [0.3, 0.4) is 0 Å². The first-order chi connectivity index (χ1) is 11.9. The Hall–Kier alpha value is -0.475. The van der Waals surface area contributed by atoms with Crippen LogP contribution in [-0.2, 0) is 8.98 Å². The number of rotatable bonds is 2. The molecule has 0 N–H and O–H groups in total. The first-order valence-electron chi connectivity index (χ1n) is 9.85. The van der Waals surface area contributed by atoms with Gasteiger partial charge in [0.25, 0.3) is 0 Å². The third-order valence-electron chi connectivity index (χ3n) is 8.25. The highest BCUT2D eigenvalue weighted by Crippen LogP contribution is 2.65. The summed E-state index contributed by atoms with van der Waals surface area (Å²) in [5.74, 6) is 2.33. The number of Topliss-reactive ketones (excluding diaryl/α,β-unsaturated/α-hetero) is 1. The van der Waals surface area contributed by atoms with Crippen molar-refractivity contribution in [2.45, 2.75) is 71.8 Å². The Morgan fingerprint density at radius 2 is 1.96 bits per heavy atom. The highest BCUT2D eigenvalue weighted by Gasteiger charge is 2.59. The second kappa shape index (κ2) is 6.30. The maximum Gasteiger partial charge on any atom is 0.203 e. The van der Waals surface area contributed by atoms with E-state index in [1.165, 1.54) is 19.3 Å². The summed E-state index contributed by atoms with van der Waals surface area (Å²) in [6.45, 7) is 6.89. The van der Waals surface area contributed by atoms with E-state index in [-0.39, 0.29) is 11.5 Å². The molecule has 2 radical (unpaired) electrons. The molecule has 4 rings (SSSR count). The van der Waals surface area contributed by atoms with Gasteiger partial charge >= 0.3 is 0 Å². The molecule has 4 aliphatic rings. The number of carbonyl (C=O) groups excluding carboxylic acids is 1. The van der Waals surface area contributed by atoms with Crippen LogP contribution in [0.1, 0.15) is 65.7 Å². The van der Waals surface area contributed by atoms with E-state index >= 15 is 0 Å². The van der Waals surface area contributed by atoms with Crippen LogP contribution >= 0.6 is 11.9 Å². The van der Waals surface area contributed by atoms with Gasteiger partial charge in [0, 0.05) is 6.42 Å². The second-order valence-corrected chi connectivity index (χ2v) is 9.49.